The molecule has 3 heteroatoms. The van der Waals surface area contributed by atoms with Gasteiger partial charge < -0.3 is 13.7 Å². The van der Waals surface area contributed by atoms with Crippen molar-refractivity contribution in [3.63, 3.8) is 0 Å². The van der Waals surface area contributed by atoms with Gasteiger partial charge in [-0.1, -0.05) is 84.9 Å². The number of hydrogen-bond donors (Lipinski definition) is 0. The highest BCUT2D eigenvalue weighted by molar-refractivity contribution is 6.32. The number of rotatable bonds is 3. The SMILES string of the molecule is c1ccc(N(c2ccccc2)c2cc3oc4ccc5ccccc5c4c3c3c2oc2ccccc23)cc1. The molecule has 0 amide bonds. The molecule has 0 saturated heterocycles. The molecule has 6 aromatic carbocycles. The van der Waals surface area contributed by atoms with Gasteiger partial charge in [0.2, 0.25) is 0 Å². The molecule has 0 unspecified atom stereocenters. The quantitative estimate of drug-likeness (QED) is 0.255. The minimum Gasteiger partial charge on any atom is -0.456 e. The van der Waals surface area contributed by atoms with Crippen molar-refractivity contribution in [3.05, 3.63) is 127 Å². The van der Waals surface area contributed by atoms with Gasteiger partial charge in [-0.15, -0.1) is 0 Å². The van der Waals surface area contributed by atoms with E-state index in [1.54, 1.807) is 0 Å². The second-order valence-electron chi connectivity index (χ2n) is 9.34. The van der Waals surface area contributed by atoms with Gasteiger partial charge in [0.1, 0.15) is 16.7 Å². The Labute approximate surface area is 212 Å². The van der Waals surface area contributed by atoms with Gasteiger partial charge in [0.25, 0.3) is 0 Å². The maximum Gasteiger partial charge on any atom is 0.160 e. The van der Waals surface area contributed by atoms with Crippen molar-refractivity contribution < 1.29 is 8.83 Å². The van der Waals surface area contributed by atoms with Gasteiger partial charge in [-0.25, -0.2) is 0 Å². The monoisotopic (exact) mass is 475 g/mol. The molecule has 8 rings (SSSR count). The van der Waals surface area contributed by atoms with Crippen molar-refractivity contribution in [1.82, 2.24) is 0 Å². The summed E-state index contributed by atoms with van der Waals surface area (Å²) < 4.78 is 13.2. The summed E-state index contributed by atoms with van der Waals surface area (Å²) in [6.07, 6.45) is 0. The fraction of sp³-hybridized carbons (Fsp3) is 0. The number of fused-ring (bicyclic) bond motifs is 9. The van der Waals surface area contributed by atoms with E-state index < -0.39 is 0 Å². The summed E-state index contributed by atoms with van der Waals surface area (Å²) in [4.78, 5) is 2.25. The highest BCUT2D eigenvalue weighted by Crippen LogP contribution is 2.48. The Bertz CT molecular complexity index is 2050. The molecule has 174 valence electrons. The van der Waals surface area contributed by atoms with Crippen LogP contribution in [0.5, 0.6) is 0 Å². The van der Waals surface area contributed by atoms with Gasteiger partial charge in [0.05, 0.1) is 5.69 Å². The molecule has 0 N–H and O–H groups in total. The predicted molar refractivity (Wildman–Crippen MR) is 153 cm³/mol. The second-order valence-corrected chi connectivity index (χ2v) is 9.34. The smallest absolute Gasteiger partial charge is 0.160 e. The Kier molecular flexibility index (Phi) is 4.23. The van der Waals surface area contributed by atoms with E-state index in [0.717, 1.165) is 60.9 Å². The summed E-state index contributed by atoms with van der Waals surface area (Å²) in [6, 6.07) is 43.9. The maximum absolute atomic E-state index is 6.66. The number of furan rings is 2. The molecule has 2 aromatic heterocycles. The van der Waals surface area contributed by atoms with Crippen LogP contribution in [0.15, 0.2) is 136 Å². The molecule has 0 bridgehead atoms. The summed E-state index contributed by atoms with van der Waals surface area (Å²) in [7, 11) is 0. The van der Waals surface area contributed by atoms with Crippen LogP contribution >= 0.6 is 0 Å². The molecule has 8 aromatic rings. The van der Waals surface area contributed by atoms with E-state index >= 15 is 0 Å². The zero-order valence-corrected chi connectivity index (χ0v) is 19.9. The van der Waals surface area contributed by atoms with Gasteiger partial charge in [0, 0.05) is 39.0 Å². The van der Waals surface area contributed by atoms with Gasteiger partial charge >= 0.3 is 0 Å². The van der Waals surface area contributed by atoms with Gasteiger partial charge in [-0.2, -0.15) is 0 Å². The summed E-state index contributed by atoms with van der Waals surface area (Å²) in [6.45, 7) is 0. The fourth-order valence-corrected chi connectivity index (χ4v) is 5.65. The number of nitrogens with zero attached hydrogens (tertiary/aromatic N) is 1. The highest BCUT2D eigenvalue weighted by atomic mass is 16.3. The van der Waals surface area contributed by atoms with Crippen molar-refractivity contribution in [1.29, 1.82) is 0 Å². The minimum atomic E-state index is 0.844. The average molecular weight is 476 g/mol. The van der Waals surface area contributed by atoms with E-state index in [9.17, 15) is 0 Å². The molecule has 0 atom stereocenters. The first-order valence-corrected chi connectivity index (χ1v) is 12.5. The van der Waals surface area contributed by atoms with Crippen LogP contribution in [0.1, 0.15) is 0 Å². The Morgan fingerprint density at radius 1 is 0.432 bits per heavy atom. The van der Waals surface area contributed by atoms with Gasteiger partial charge in [0.15, 0.2) is 5.58 Å². The first kappa shape index (κ1) is 20.2. The van der Waals surface area contributed by atoms with Crippen molar-refractivity contribution in [2.45, 2.75) is 0 Å². The van der Waals surface area contributed by atoms with Crippen LogP contribution in [-0.2, 0) is 0 Å². The fourth-order valence-electron chi connectivity index (χ4n) is 5.65. The van der Waals surface area contributed by atoms with Crippen molar-refractivity contribution in [3.8, 4) is 0 Å². The molecule has 0 aliphatic carbocycles. The molecule has 2 heterocycles. The number of anilines is 3. The summed E-state index contributed by atoms with van der Waals surface area (Å²) in [5, 5.41) is 6.76. The molecular weight excluding hydrogens is 454 g/mol. The van der Waals surface area contributed by atoms with Crippen LogP contribution < -0.4 is 4.90 Å². The van der Waals surface area contributed by atoms with Crippen LogP contribution in [0.2, 0.25) is 0 Å². The largest absolute Gasteiger partial charge is 0.456 e. The third-order valence-electron chi connectivity index (χ3n) is 7.22. The van der Waals surface area contributed by atoms with E-state index in [1.165, 1.54) is 10.8 Å². The van der Waals surface area contributed by atoms with E-state index in [2.05, 4.69) is 108 Å². The topological polar surface area (TPSA) is 29.5 Å². The molecule has 37 heavy (non-hydrogen) atoms. The lowest BCUT2D eigenvalue weighted by Crippen LogP contribution is -2.10. The average Bonchev–Trinajstić information content (AvgIpc) is 3.53. The first-order valence-electron chi connectivity index (χ1n) is 12.5. The van der Waals surface area contributed by atoms with Crippen LogP contribution in [0.3, 0.4) is 0 Å². The summed E-state index contributed by atoms with van der Waals surface area (Å²) in [5.41, 5.74) is 6.48. The van der Waals surface area contributed by atoms with E-state index in [4.69, 9.17) is 8.83 Å². The Morgan fingerprint density at radius 3 is 1.84 bits per heavy atom. The molecular formula is C34H21NO2. The molecule has 0 radical (unpaired) electrons. The predicted octanol–water partition coefficient (Wildman–Crippen LogP) is 10.1. The van der Waals surface area contributed by atoms with Gasteiger partial charge in [-0.3, -0.25) is 0 Å². The molecule has 0 aliphatic heterocycles. The van der Waals surface area contributed by atoms with E-state index in [1.807, 2.05) is 24.3 Å². The lowest BCUT2D eigenvalue weighted by Gasteiger charge is -2.25. The molecule has 0 fully saturated rings. The van der Waals surface area contributed by atoms with E-state index in [-0.39, 0.29) is 0 Å². The van der Waals surface area contributed by atoms with Gasteiger partial charge in [-0.05, 0) is 47.2 Å². The lowest BCUT2D eigenvalue weighted by atomic mass is 9.99. The standard InChI is InChI=1S/C34H21NO2/c1-3-12-23(13-4-1)35(24-14-5-2-6-15-24)27-21-30-33(32-26-17-9-10-18-28(26)37-34(27)32)31-25-16-8-7-11-22(25)19-20-29(31)36-30/h1-21H. The molecule has 3 nitrogen and oxygen atoms in total. The maximum atomic E-state index is 6.66. The third kappa shape index (κ3) is 2.95. The zero-order chi connectivity index (χ0) is 24.3. The van der Waals surface area contributed by atoms with Crippen LogP contribution in [0.4, 0.5) is 17.1 Å². The Morgan fingerprint density at radius 2 is 1.08 bits per heavy atom. The lowest BCUT2D eigenvalue weighted by molar-refractivity contribution is 0.663. The highest BCUT2D eigenvalue weighted by Gasteiger charge is 2.25. The Balaban J connectivity index is 1.59. The normalized spacial score (nSPS) is 11.8. The third-order valence-corrected chi connectivity index (χ3v) is 7.22. The van der Waals surface area contributed by atoms with Crippen LogP contribution in [0, 0.1) is 0 Å². The second kappa shape index (κ2) is 7.74. The molecule has 0 spiro atoms. The zero-order valence-electron chi connectivity index (χ0n) is 19.9. The van der Waals surface area contributed by atoms with Crippen LogP contribution in [-0.4, -0.2) is 0 Å². The van der Waals surface area contributed by atoms with E-state index in [0.29, 0.717) is 0 Å². The molecule has 0 aliphatic rings. The summed E-state index contributed by atoms with van der Waals surface area (Å²) >= 11 is 0. The van der Waals surface area contributed by atoms with Crippen LogP contribution in [0.25, 0.3) is 54.6 Å². The van der Waals surface area contributed by atoms with Crippen molar-refractivity contribution in [2.24, 2.45) is 0 Å². The molecule has 0 saturated carbocycles. The van der Waals surface area contributed by atoms with Crippen molar-refractivity contribution in [2.75, 3.05) is 4.90 Å². The number of para-hydroxylation sites is 3. The van der Waals surface area contributed by atoms with Crippen molar-refractivity contribution >= 4 is 71.7 Å². The summed E-state index contributed by atoms with van der Waals surface area (Å²) in [5.74, 6) is 0. The number of benzene rings is 6. The number of hydrogen-bond acceptors (Lipinski definition) is 3. The minimum absolute atomic E-state index is 0.844. The Hall–Kier alpha value is -5.02. The first-order chi connectivity index (χ1) is 18.4.